The van der Waals surface area contributed by atoms with Gasteiger partial charge in [0, 0.05) is 6.61 Å². The molecule has 5 heteroatoms. The molecule has 0 saturated carbocycles. The number of rotatable bonds is 2. The lowest BCUT2D eigenvalue weighted by atomic mass is 10.1. The maximum atomic E-state index is 10.8. The van der Waals surface area contributed by atoms with Gasteiger partial charge >= 0.3 is 5.97 Å². The summed E-state index contributed by atoms with van der Waals surface area (Å²) in [7, 11) is 0. The Hall–Kier alpha value is -1.13. The molecule has 0 spiro atoms. The van der Waals surface area contributed by atoms with Crippen molar-refractivity contribution < 1.29 is 14.6 Å². The number of hydrogen-bond donors (Lipinski definition) is 1. The Kier molecular flexibility index (Phi) is 3.41. The molecule has 0 aliphatic carbocycles. The second-order valence-corrected chi connectivity index (χ2v) is 4.09. The first-order valence-electron chi connectivity index (χ1n) is 5.20. The Bertz CT molecular complexity index is 402. The Morgan fingerprint density at radius 2 is 2.31 bits per heavy atom. The third-order valence-electron chi connectivity index (χ3n) is 2.61. The molecule has 1 N–H and O–H groups in total. The number of pyridine rings is 1. The molecule has 1 unspecified atom stereocenters. The quantitative estimate of drug-likeness (QED) is 0.809. The van der Waals surface area contributed by atoms with Crippen LogP contribution >= 0.6 is 11.6 Å². The fourth-order valence-electron chi connectivity index (χ4n) is 1.76. The smallest absolute Gasteiger partial charge is 0.338 e. The highest BCUT2D eigenvalue weighted by atomic mass is 35.5. The standard InChI is InChI=1S/C11H12ClNO3/c12-10-7(11(14)15)4-5-8(13-10)9-3-1-2-6-16-9/h4-5,9H,1-3,6H2,(H,14,15). The van der Waals surface area contributed by atoms with E-state index in [-0.39, 0.29) is 16.8 Å². The van der Waals surface area contributed by atoms with Crippen molar-refractivity contribution in [3.8, 4) is 0 Å². The summed E-state index contributed by atoms with van der Waals surface area (Å²) >= 11 is 5.80. The van der Waals surface area contributed by atoms with Crippen LogP contribution < -0.4 is 0 Å². The van der Waals surface area contributed by atoms with Gasteiger partial charge in [-0.15, -0.1) is 0 Å². The predicted molar refractivity (Wildman–Crippen MR) is 58.8 cm³/mol. The van der Waals surface area contributed by atoms with Crippen LogP contribution in [0.4, 0.5) is 0 Å². The Morgan fingerprint density at radius 3 is 2.88 bits per heavy atom. The minimum Gasteiger partial charge on any atom is -0.478 e. The second-order valence-electron chi connectivity index (χ2n) is 3.73. The van der Waals surface area contributed by atoms with Gasteiger partial charge in [0.25, 0.3) is 0 Å². The summed E-state index contributed by atoms with van der Waals surface area (Å²) in [5, 5.41) is 8.84. The average Bonchev–Trinajstić information content (AvgIpc) is 2.29. The van der Waals surface area contributed by atoms with Gasteiger partial charge in [-0.05, 0) is 31.4 Å². The fourth-order valence-corrected chi connectivity index (χ4v) is 2.00. The summed E-state index contributed by atoms with van der Waals surface area (Å²) in [5.74, 6) is -1.06. The van der Waals surface area contributed by atoms with Crippen LogP contribution in [0.25, 0.3) is 0 Å². The molecule has 2 heterocycles. The molecular formula is C11H12ClNO3. The van der Waals surface area contributed by atoms with Crippen molar-refractivity contribution in [2.75, 3.05) is 6.61 Å². The maximum absolute atomic E-state index is 10.8. The molecule has 1 atom stereocenters. The summed E-state index contributed by atoms with van der Waals surface area (Å²) in [6.45, 7) is 0.727. The molecule has 1 aliphatic heterocycles. The number of carbonyl (C=O) groups is 1. The molecule has 2 rings (SSSR count). The number of halogens is 1. The van der Waals surface area contributed by atoms with Gasteiger partial charge in [0.1, 0.15) is 5.15 Å². The zero-order valence-electron chi connectivity index (χ0n) is 8.65. The molecule has 1 aromatic rings. The number of ether oxygens (including phenoxy) is 1. The van der Waals surface area contributed by atoms with E-state index < -0.39 is 5.97 Å². The van der Waals surface area contributed by atoms with Crippen LogP contribution in [-0.2, 0) is 4.74 Å². The van der Waals surface area contributed by atoms with E-state index in [1.54, 1.807) is 6.07 Å². The van der Waals surface area contributed by atoms with Crippen molar-refractivity contribution in [3.05, 3.63) is 28.5 Å². The summed E-state index contributed by atoms with van der Waals surface area (Å²) in [5.41, 5.74) is 0.746. The lowest BCUT2D eigenvalue weighted by molar-refractivity contribution is 0.0123. The summed E-state index contributed by atoms with van der Waals surface area (Å²) < 4.78 is 5.55. The van der Waals surface area contributed by atoms with Crippen molar-refractivity contribution in [1.29, 1.82) is 0 Å². The molecule has 0 bridgehead atoms. The lowest BCUT2D eigenvalue weighted by Crippen LogP contribution is -2.13. The molecule has 1 aliphatic rings. The third-order valence-corrected chi connectivity index (χ3v) is 2.90. The normalized spacial score (nSPS) is 20.7. The van der Waals surface area contributed by atoms with Crippen LogP contribution in [0.1, 0.15) is 41.4 Å². The van der Waals surface area contributed by atoms with Crippen LogP contribution in [0.2, 0.25) is 5.15 Å². The van der Waals surface area contributed by atoms with E-state index in [2.05, 4.69) is 4.98 Å². The van der Waals surface area contributed by atoms with E-state index in [0.717, 1.165) is 31.6 Å². The predicted octanol–water partition coefficient (Wildman–Crippen LogP) is 2.67. The molecule has 0 aromatic carbocycles. The zero-order chi connectivity index (χ0) is 11.5. The molecule has 1 aromatic heterocycles. The summed E-state index contributed by atoms with van der Waals surface area (Å²) in [6, 6.07) is 3.15. The molecule has 1 saturated heterocycles. The van der Waals surface area contributed by atoms with Gasteiger partial charge in [0.15, 0.2) is 0 Å². The number of nitrogens with zero attached hydrogens (tertiary/aromatic N) is 1. The minimum absolute atomic E-state index is 0.0270. The van der Waals surface area contributed by atoms with Gasteiger partial charge in [0.2, 0.25) is 0 Å². The monoisotopic (exact) mass is 241 g/mol. The highest BCUT2D eigenvalue weighted by Crippen LogP contribution is 2.28. The van der Waals surface area contributed by atoms with E-state index in [0.29, 0.717) is 0 Å². The Morgan fingerprint density at radius 1 is 1.50 bits per heavy atom. The van der Waals surface area contributed by atoms with Crippen LogP contribution in [0, 0.1) is 0 Å². The first-order chi connectivity index (χ1) is 7.68. The van der Waals surface area contributed by atoms with E-state index in [1.165, 1.54) is 6.07 Å². The second kappa shape index (κ2) is 4.80. The van der Waals surface area contributed by atoms with Crippen molar-refractivity contribution >= 4 is 17.6 Å². The van der Waals surface area contributed by atoms with E-state index >= 15 is 0 Å². The van der Waals surface area contributed by atoms with E-state index in [9.17, 15) is 4.79 Å². The third kappa shape index (κ3) is 2.33. The van der Waals surface area contributed by atoms with Crippen molar-refractivity contribution in [2.45, 2.75) is 25.4 Å². The van der Waals surface area contributed by atoms with Gasteiger partial charge in [-0.2, -0.15) is 0 Å². The molecule has 1 fully saturated rings. The lowest BCUT2D eigenvalue weighted by Gasteiger charge is -2.22. The Balaban J connectivity index is 2.23. The first-order valence-corrected chi connectivity index (χ1v) is 5.57. The van der Waals surface area contributed by atoms with E-state index in [4.69, 9.17) is 21.4 Å². The van der Waals surface area contributed by atoms with Gasteiger partial charge in [-0.1, -0.05) is 11.6 Å². The molecule has 4 nitrogen and oxygen atoms in total. The fraction of sp³-hybridized carbons (Fsp3) is 0.455. The topological polar surface area (TPSA) is 59.4 Å². The molecule has 16 heavy (non-hydrogen) atoms. The first kappa shape index (κ1) is 11.4. The largest absolute Gasteiger partial charge is 0.478 e. The number of carboxylic acids is 1. The molecule has 0 amide bonds. The minimum atomic E-state index is -1.06. The van der Waals surface area contributed by atoms with Crippen LogP contribution in [0.15, 0.2) is 12.1 Å². The SMILES string of the molecule is O=C(O)c1ccc(C2CCCCO2)nc1Cl. The highest BCUT2D eigenvalue weighted by Gasteiger charge is 2.19. The molecule has 86 valence electrons. The zero-order valence-corrected chi connectivity index (χ0v) is 9.41. The number of aromatic carboxylic acids is 1. The maximum Gasteiger partial charge on any atom is 0.338 e. The number of carboxylic acid groups (broad SMARTS) is 1. The van der Waals surface area contributed by atoms with Crippen LogP contribution in [0.3, 0.4) is 0 Å². The number of hydrogen-bond acceptors (Lipinski definition) is 3. The Labute approximate surface area is 98.2 Å². The van der Waals surface area contributed by atoms with Gasteiger partial charge in [-0.25, -0.2) is 9.78 Å². The van der Waals surface area contributed by atoms with Crippen molar-refractivity contribution in [1.82, 2.24) is 4.98 Å². The van der Waals surface area contributed by atoms with Crippen LogP contribution in [-0.4, -0.2) is 22.7 Å². The van der Waals surface area contributed by atoms with Gasteiger partial charge < -0.3 is 9.84 Å². The van der Waals surface area contributed by atoms with Crippen molar-refractivity contribution in [2.24, 2.45) is 0 Å². The van der Waals surface area contributed by atoms with Gasteiger partial charge in [-0.3, -0.25) is 0 Å². The highest BCUT2D eigenvalue weighted by molar-refractivity contribution is 6.32. The summed E-state index contributed by atoms with van der Waals surface area (Å²) in [4.78, 5) is 14.8. The van der Waals surface area contributed by atoms with Gasteiger partial charge in [0.05, 0.1) is 17.4 Å². The molecule has 0 radical (unpaired) electrons. The number of aromatic nitrogens is 1. The van der Waals surface area contributed by atoms with Crippen LogP contribution in [0.5, 0.6) is 0 Å². The van der Waals surface area contributed by atoms with Crippen molar-refractivity contribution in [3.63, 3.8) is 0 Å². The summed E-state index contributed by atoms with van der Waals surface area (Å²) in [6.07, 6.45) is 3.03. The molecular weight excluding hydrogens is 230 g/mol. The van der Waals surface area contributed by atoms with E-state index in [1.807, 2.05) is 0 Å². The average molecular weight is 242 g/mol.